The Labute approximate surface area is 250 Å². The largest absolute Gasteiger partial charge is 0.336 e. The number of hydrogen-bond donors (Lipinski definition) is 4. The first-order chi connectivity index (χ1) is 21.0. The predicted molar refractivity (Wildman–Crippen MR) is 164 cm³/mol. The zero-order chi connectivity index (χ0) is 31.2. The first kappa shape index (κ1) is 29.0. The molecule has 1 atom stereocenters. The van der Waals surface area contributed by atoms with Crippen molar-refractivity contribution in [2.75, 3.05) is 32.2 Å². The van der Waals surface area contributed by atoms with E-state index in [0.29, 0.717) is 61.8 Å². The van der Waals surface area contributed by atoms with Gasteiger partial charge in [0.25, 0.3) is 0 Å². The van der Waals surface area contributed by atoms with Gasteiger partial charge in [0, 0.05) is 29.8 Å². The van der Waals surface area contributed by atoms with Gasteiger partial charge >= 0.3 is 0 Å². The van der Waals surface area contributed by atoms with E-state index in [0.717, 1.165) is 12.3 Å². The van der Waals surface area contributed by atoms with Gasteiger partial charge in [-0.3, -0.25) is 19.9 Å². The summed E-state index contributed by atoms with van der Waals surface area (Å²) in [6.07, 6.45) is 5.75. The van der Waals surface area contributed by atoms with Crippen LogP contribution in [0.3, 0.4) is 0 Å². The Kier molecular flexibility index (Phi) is 7.36. The molecule has 0 saturated carbocycles. The van der Waals surface area contributed by atoms with Gasteiger partial charge in [0.2, 0.25) is 5.91 Å². The summed E-state index contributed by atoms with van der Waals surface area (Å²) in [5.74, 6) is -0.435. The predicted octanol–water partition coefficient (Wildman–Crippen LogP) is 3.27. The fraction of sp³-hybridized carbons (Fsp3) is 0.172. The number of nitrogens with two attached hydrogens (primary N) is 1. The number of nitrogens with zero attached hydrogens (tertiary/aromatic N) is 6. The summed E-state index contributed by atoms with van der Waals surface area (Å²) >= 11 is 0. The lowest BCUT2D eigenvalue weighted by molar-refractivity contribution is -0.116. The van der Waals surface area contributed by atoms with Crippen molar-refractivity contribution in [2.45, 2.75) is 5.37 Å². The van der Waals surface area contributed by atoms with Crippen LogP contribution in [0.25, 0.3) is 56.1 Å². The summed E-state index contributed by atoms with van der Waals surface area (Å²) in [4.78, 5) is 35.4. The molecule has 6 rings (SSSR count). The monoisotopic (exact) mass is 614 g/mol. The standard InChI is InChI=1S/C29H27FN10O3S/c1-40(2)14-23(41)34-19-11-17(12-32-13-19)20-4-5-22-26(35-20)27(39-38-22)29-36-21-6-7-33-24(25(21)37-29)15-8-16(10-18(30)9-15)28(31)44(3,42)43/h4-13,28H,14,31H2,1-3H3,(H,34,41)(H,36,37)(H,38,39). The second-order valence-electron chi connectivity index (χ2n) is 10.6. The van der Waals surface area contributed by atoms with Crippen molar-refractivity contribution in [1.29, 1.82) is 0 Å². The SMILES string of the molecule is CN(C)CC(=O)Nc1cncc(-c2ccc3[nH]nc(-c4nc5c(-c6cc(F)cc(C(N)S(C)(=O)=O)c6)nccc5[nH]4)c3n2)c1. The molecule has 5 aromatic heterocycles. The van der Waals surface area contributed by atoms with Crippen LogP contribution in [0.2, 0.25) is 0 Å². The molecule has 6 aromatic rings. The highest BCUT2D eigenvalue weighted by Gasteiger charge is 2.22. The molecule has 0 fully saturated rings. The van der Waals surface area contributed by atoms with Gasteiger partial charge in [0.1, 0.15) is 22.2 Å². The Morgan fingerprint density at radius 2 is 1.82 bits per heavy atom. The molecule has 5 heterocycles. The molecule has 1 amide bonds. The number of likely N-dealkylation sites (N-methyl/N-ethyl adjacent to an activating group) is 1. The number of carbonyl (C=O) groups excluding carboxylic acids is 1. The molecule has 0 aliphatic heterocycles. The van der Waals surface area contributed by atoms with Crippen LogP contribution in [-0.4, -0.2) is 81.2 Å². The molecule has 5 N–H and O–H groups in total. The van der Waals surface area contributed by atoms with Crippen molar-refractivity contribution in [3.63, 3.8) is 0 Å². The van der Waals surface area contributed by atoms with Gasteiger partial charge < -0.3 is 20.9 Å². The Bertz CT molecular complexity index is 2160. The maximum atomic E-state index is 14.6. The van der Waals surface area contributed by atoms with Crippen LogP contribution in [0.5, 0.6) is 0 Å². The zero-order valence-electron chi connectivity index (χ0n) is 23.8. The summed E-state index contributed by atoms with van der Waals surface area (Å²) in [5.41, 5.74) is 11.1. The topological polar surface area (TPSA) is 189 Å². The van der Waals surface area contributed by atoms with Gasteiger partial charge in [-0.1, -0.05) is 0 Å². The number of imidazole rings is 1. The van der Waals surface area contributed by atoms with Crippen molar-refractivity contribution in [2.24, 2.45) is 5.73 Å². The van der Waals surface area contributed by atoms with E-state index in [1.54, 1.807) is 29.4 Å². The van der Waals surface area contributed by atoms with Crippen LogP contribution in [0, 0.1) is 5.82 Å². The average molecular weight is 615 g/mol. The average Bonchev–Trinajstić information content (AvgIpc) is 3.59. The molecular formula is C29H27FN10O3S. The lowest BCUT2D eigenvalue weighted by Crippen LogP contribution is -2.27. The van der Waals surface area contributed by atoms with Crippen molar-refractivity contribution in [3.05, 3.63) is 72.4 Å². The third-order valence-corrected chi connectivity index (χ3v) is 7.99. The number of aromatic nitrogens is 7. The quantitative estimate of drug-likeness (QED) is 0.198. The zero-order valence-corrected chi connectivity index (χ0v) is 24.6. The van der Waals surface area contributed by atoms with E-state index in [4.69, 9.17) is 15.7 Å². The third kappa shape index (κ3) is 5.75. The number of amides is 1. The number of carbonyl (C=O) groups is 1. The second kappa shape index (κ2) is 11.2. The fourth-order valence-electron chi connectivity index (χ4n) is 4.78. The molecule has 0 saturated heterocycles. The molecule has 0 aliphatic rings. The van der Waals surface area contributed by atoms with E-state index in [2.05, 4.69) is 30.5 Å². The molecule has 0 bridgehead atoms. The highest BCUT2D eigenvalue weighted by Crippen LogP contribution is 2.32. The van der Waals surface area contributed by atoms with E-state index >= 15 is 0 Å². The number of rotatable bonds is 8. The van der Waals surface area contributed by atoms with Crippen LogP contribution in [0.15, 0.2) is 61.1 Å². The highest BCUT2D eigenvalue weighted by atomic mass is 32.2. The van der Waals surface area contributed by atoms with Crippen LogP contribution in [0.4, 0.5) is 10.1 Å². The molecule has 0 spiro atoms. The number of fused-ring (bicyclic) bond motifs is 2. The number of H-pyrrole nitrogens is 2. The molecule has 13 nitrogen and oxygen atoms in total. The van der Waals surface area contributed by atoms with Gasteiger partial charge in [0.15, 0.2) is 21.4 Å². The normalized spacial score (nSPS) is 12.7. The molecule has 0 radical (unpaired) electrons. The van der Waals surface area contributed by atoms with E-state index in [1.807, 2.05) is 26.2 Å². The van der Waals surface area contributed by atoms with Crippen molar-refractivity contribution in [1.82, 2.24) is 40.0 Å². The van der Waals surface area contributed by atoms with Gasteiger partial charge in [-0.05, 0) is 62.1 Å². The minimum Gasteiger partial charge on any atom is -0.336 e. The van der Waals surface area contributed by atoms with E-state index in [-0.39, 0.29) is 18.0 Å². The number of benzene rings is 1. The lowest BCUT2D eigenvalue weighted by atomic mass is 10.1. The molecule has 224 valence electrons. The van der Waals surface area contributed by atoms with Crippen LogP contribution in [0.1, 0.15) is 10.9 Å². The Hall–Kier alpha value is -5.12. The van der Waals surface area contributed by atoms with Gasteiger partial charge in [-0.2, -0.15) is 5.10 Å². The smallest absolute Gasteiger partial charge is 0.238 e. The maximum Gasteiger partial charge on any atom is 0.238 e. The number of pyridine rings is 3. The fourth-order valence-corrected chi connectivity index (χ4v) is 5.41. The summed E-state index contributed by atoms with van der Waals surface area (Å²) < 4.78 is 38.7. The number of anilines is 1. The number of nitrogens with one attached hydrogen (secondary N) is 3. The number of sulfone groups is 1. The number of halogens is 1. The van der Waals surface area contributed by atoms with Crippen LogP contribution in [-0.2, 0) is 14.6 Å². The van der Waals surface area contributed by atoms with Gasteiger partial charge in [-0.15, -0.1) is 0 Å². The van der Waals surface area contributed by atoms with Crippen molar-refractivity contribution < 1.29 is 17.6 Å². The van der Waals surface area contributed by atoms with Gasteiger partial charge in [0.05, 0.1) is 40.9 Å². The Balaban J connectivity index is 1.39. The summed E-state index contributed by atoms with van der Waals surface area (Å²) in [6.45, 7) is 0.232. The Morgan fingerprint density at radius 3 is 2.59 bits per heavy atom. The van der Waals surface area contributed by atoms with Crippen LogP contribution >= 0.6 is 0 Å². The minimum atomic E-state index is -3.67. The maximum absolute atomic E-state index is 14.6. The van der Waals surface area contributed by atoms with E-state index in [1.165, 1.54) is 18.3 Å². The molecule has 15 heteroatoms. The van der Waals surface area contributed by atoms with Crippen LogP contribution < -0.4 is 11.1 Å². The summed E-state index contributed by atoms with van der Waals surface area (Å²) in [7, 11) is -0.0505. The van der Waals surface area contributed by atoms with Crippen molar-refractivity contribution >= 4 is 43.5 Å². The van der Waals surface area contributed by atoms with E-state index < -0.39 is 21.0 Å². The highest BCUT2D eigenvalue weighted by molar-refractivity contribution is 7.90. The molecule has 0 aliphatic carbocycles. The third-order valence-electron chi connectivity index (χ3n) is 6.79. The van der Waals surface area contributed by atoms with E-state index in [9.17, 15) is 17.6 Å². The second-order valence-corrected chi connectivity index (χ2v) is 12.7. The molecular weight excluding hydrogens is 587 g/mol. The molecule has 1 unspecified atom stereocenters. The summed E-state index contributed by atoms with van der Waals surface area (Å²) in [6, 6.07) is 11.0. The number of hydrogen-bond acceptors (Lipinski definition) is 10. The molecule has 44 heavy (non-hydrogen) atoms. The lowest BCUT2D eigenvalue weighted by Gasteiger charge is -2.12. The van der Waals surface area contributed by atoms with Gasteiger partial charge in [-0.25, -0.2) is 22.8 Å². The first-order valence-electron chi connectivity index (χ1n) is 13.3. The number of aromatic amines is 2. The van der Waals surface area contributed by atoms with Crippen molar-refractivity contribution in [3.8, 4) is 34.0 Å². The minimum absolute atomic E-state index is 0.0999. The molecule has 1 aromatic carbocycles. The Morgan fingerprint density at radius 1 is 1.02 bits per heavy atom. The first-order valence-corrected chi connectivity index (χ1v) is 15.3. The summed E-state index contributed by atoms with van der Waals surface area (Å²) in [5, 5.41) is 8.85.